The van der Waals surface area contributed by atoms with E-state index in [0.717, 1.165) is 37.0 Å². The molecule has 3 atom stereocenters. The van der Waals surface area contributed by atoms with Gasteiger partial charge in [0.2, 0.25) is 15.9 Å². The summed E-state index contributed by atoms with van der Waals surface area (Å²) in [4.78, 5) is 14.5. The number of hydrogen-bond donors (Lipinski definition) is 1. The predicted octanol–water partition coefficient (Wildman–Crippen LogP) is 2.08. The van der Waals surface area contributed by atoms with Gasteiger partial charge in [0.25, 0.3) is 0 Å². The fourth-order valence-corrected chi connectivity index (χ4v) is 3.80. The van der Waals surface area contributed by atoms with Crippen LogP contribution in [0.4, 0.5) is 0 Å². The van der Waals surface area contributed by atoms with Crippen LogP contribution in [-0.4, -0.2) is 38.1 Å². The molecule has 0 aliphatic carbocycles. The lowest BCUT2D eigenvalue weighted by Crippen LogP contribution is -2.50. The second-order valence-electron chi connectivity index (χ2n) is 6.45. The van der Waals surface area contributed by atoms with E-state index in [1.807, 2.05) is 19.1 Å². The summed E-state index contributed by atoms with van der Waals surface area (Å²) in [6.45, 7) is 6.38. The van der Waals surface area contributed by atoms with Crippen LogP contribution in [0.3, 0.4) is 0 Å². The van der Waals surface area contributed by atoms with Gasteiger partial charge in [-0.25, -0.2) is 13.1 Å². The van der Waals surface area contributed by atoms with E-state index < -0.39 is 16.1 Å². The number of carbonyl (C=O) groups excluding carboxylic acids is 1. The third-order valence-corrected chi connectivity index (χ3v) is 5.05. The average Bonchev–Trinajstić information content (AvgIpc) is 2.93. The second kappa shape index (κ2) is 7.05. The van der Waals surface area contributed by atoms with Crippen molar-refractivity contribution in [2.24, 2.45) is 5.92 Å². The van der Waals surface area contributed by atoms with Gasteiger partial charge in [-0.1, -0.05) is 13.8 Å². The topological polar surface area (TPSA) is 79.6 Å². The highest BCUT2D eigenvalue weighted by atomic mass is 32.2. The third-order valence-electron chi connectivity index (χ3n) is 4.27. The first kappa shape index (κ1) is 18.0. The highest BCUT2D eigenvalue weighted by molar-refractivity contribution is 7.88. The van der Waals surface area contributed by atoms with E-state index in [4.69, 9.17) is 4.42 Å². The fourth-order valence-electron chi connectivity index (χ4n) is 3.06. The number of aryl methyl sites for hydroxylation is 1. The molecule has 23 heavy (non-hydrogen) atoms. The summed E-state index contributed by atoms with van der Waals surface area (Å²) >= 11 is 0. The number of sulfonamides is 1. The van der Waals surface area contributed by atoms with E-state index in [-0.39, 0.29) is 11.9 Å². The monoisotopic (exact) mass is 342 g/mol. The van der Waals surface area contributed by atoms with Crippen molar-refractivity contribution >= 4 is 15.9 Å². The Labute approximate surface area is 138 Å². The smallest absolute Gasteiger partial charge is 0.241 e. The summed E-state index contributed by atoms with van der Waals surface area (Å²) in [5, 5.41) is 0. The van der Waals surface area contributed by atoms with E-state index in [0.29, 0.717) is 12.5 Å². The quantitative estimate of drug-likeness (QED) is 0.888. The van der Waals surface area contributed by atoms with E-state index >= 15 is 0 Å². The van der Waals surface area contributed by atoms with E-state index in [9.17, 15) is 13.2 Å². The molecule has 1 amide bonds. The van der Waals surface area contributed by atoms with Gasteiger partial charge in [-0.05, 0) is 37.8 Å². The van der Waals surface area contributed by atoms with Crippen LogP contribution < -0.4 is 4.72 Å². The molecule has 6 nitrogen and oxygen atoms in total. The van der Waals surface area contributed by atoms with Crippen LogP contribution in [0.25, 0.3) is 0 Å². The van der Waals surface area contributed by atoms with Crippen molar-refractivity contribution in [3.8, 4) is 0 Å². The SMILES string of the molecule is CCc1ccc([C@@H]2C[C@H](C)CCN2C(=O)[C@@H](C)NS(C)(=O)=O)o1. The van der Waals surface area contributed by atoms with Crippen LogP contribution in [-0.2, 0) is 21.2 Å². The molecule has 1 aliphatic heterocycles. The molecule has 1 fully saturated rings. The van der Waals surface area contributed by atoms with E-state index in [2.05, 4.69) is 11.6 Å². The third kappa shape index (κ3) is 4.57. The van der Waals surface area contributed by atoms with E-state index in [1.54, 1.807) is 11.8 Å². The summed E-state index contributed by atoms with van der Waals surface area (Å²) in [6, 6.07) is 2.96. The summed E-state index contributed by atoms with van der Waals surface area (Å²) in [7, 11) is -3.42. The Morgan fingerprint density at radius 3 is 2.74 bits per heavy atom. The number of carbonyl (C=O) groups is 1. The van der Waals surface area contributed by atoms with E-state index in [1.165, 1.54) is 0 Å². The molecular formula is C16H26N2O4S. The lowest BCUT2D eigenvalue weighted by atomic mass is 9.90. The first-order chi connectivity index (χ1) is 10.7. The second-order valence-corrected chi connectivity index (χ2v) is 8.23. The Morgan fingerprint density at radius 2 is 2.17 bits per heavy atom. The molecule has 0 bridgehead atoms. The number of hydrogen-bond acceptors (Lipinski definition) is 4. The van der Waals surface area contributed by atoms with Crippen LogP contribution in [0.2, 0.25) is 0 Å². The molecule has 130 valence electrons. The van der Waals surface area contributed by atoms with Crippen LogP contribution in [0.1, 0.15) is 51.2 Å². The molecule has 1 aliphatic rings. The average molecular weight is 342 g/mol. The fraction of sp³-hybridized carbons (Fsp3) is 0.688. The molecule has 2 rings (SSSR count). The molecule has 0 saturated carbocycles. The number of nitrogens with zero attached hydrogens (tertiary/aromatic N) is 1. The minimum absolute atomic E-state index is 0.129. The highest BCUT2D eigenvalue weighted by Gasteiger charge is 2.35. The zero-order valence-corrected chi connectivity index (χ0v) is 15.0. The molecule has 1 N–H and O–H groups in total. The lowest BCUT2D eigenvalue weighted by Gasteiger charge is -2.38. The summed E-state index contributed by atoms with van der Waals surface area (Å²) in [6.07, 6.45) is 3.61. The molecule has 1 saturated heterocycles. The first-order valence-corrected chi connectivity index (χ1v) is 9.96. The summed E-state index contributed by atoms with van der Waals surface area (Å²) in [5.74, 6) is 1.97. The maximum absolute atomic E-state index is 12.7. The van der Waals surface area contributed by atoms with Gasteiger partial charge in [-0.3, -0.25) is 4.79 Å². The van der Waals surface area contributed by atoms with Crippen LogP contribution in [0.15, 0.2) is 16.5 Å². The van der Waals surface area contributed by atoms with Crippen molar-refractivity contribution in [2.75, 3.05) is 12.8 Å². The number of amides is 1. The van der Waals surface area contributed by atoms with Crippen molar-refractivity contribution in [1.29, 1.82) is 0 Å². The largest absolute Gasteiger partial charge is 0.464 e. The molecule has 0 unspecified atom stereocenters. The van der Waals surface area contributed by atoms with Crippen LogP contribution in [0.5, 0.6) is 0 Å². The lowest BCUT2D eigenvalue weighted by molar-refractivity contribution is -0.137. The summed E-state index contributed by atoms with van der Waals surface area (Å²) < 4.78 is 31.0. The van der Waals surface area contributed by atoms with Crippen LogP contribution >= 0.6 is 0 Å². The Kier molecular flexibility index (Phi) is 5.52. The minimum Gasteiger partial charge on any atom is -0.464 e. The van der Waals surface area contributed by atoms with Gasteiger partial charge < -0.3 is 9.32 Å². The molecule has 2 heterocycles. The standard InChI is InChI=1S/C16H26N2O4S/c1-5-13-6-7-15(22-13)14-10-11(2)8-9-18(14)16(19)12(3)17-23(4,20)21/h6-7,11-12,14,17H,5,8-10H2,1-4H3/t11-,12-,14+/m1/s1. The molecule has 0 radical (unpaired) electrons. The molecule has 0 aromatic carbocycles. The van der Waals surface area contributed by atoms with Gasteiger partial charge in [0, 0.05) is 13.0 Å². The normalized spacial score (nSPS) is 23.7. The van der Waals surface area contributed by atoms with Crippen molar-refractivity contribution in [1.82, 2.24) is 9.62 Å². The first-order valence-electron chi connectivity index (χ1n) is 8.07. The van der Waals surface area contributed by atoms with Crippen molar-refractivity contribution in [3.63, 3.8) is 0 Å². The Bertz CT molecular complexity index is 653. The maximum Gasteiger partial charge on any atom is 0.241 e. The van der Waals surface area contributed by atoms with Crippen molar-refractivity contribution < 1.29 is 17.6 Å². The number of piperidine rings is 1. The number of furan rings is 1. The van der Waals surface area contributed by atoms with Gasteiger partial charge in [-0.15, -0.1) is 0 Å². The number of rotatable bonds is 5. The Balaban J connectivity index is 2.21. The highest BCUT2D eigenvalue weighted by Crippen LogP contribution is 2.35. The maximum atomic E-state index is 12.7. The number of likely N-dealkylation sites (tertiary alicyclic amines) is 1. The minimum atomic E-state index is -3.42. The molecule has 1 aromatic rings. The van der Waals surface area contributed by atoms with Gasteiger partial charge in [0.1, 0.15) is 11.5 Å². The Morgan fingerprint density at radius 1 is 1.48 bits per heavy atom. The predicted molar refractivity (Wildman–Crippen MR) is 88.4 cm³/mol. The van der Waals surface area contributed by atoms with Gasteiger partial charge in [-0.2, -0.15) is 0 Å². The van der Waals surface area contributed by atoms with Crippen molar-refractivity contribution in [2.45, 2.75) is 52.1 Å². The zero-order chi connectivity index (χ0) is 17.2. The van der Waals surface area contributed by atoms with Gasteiger partial charge in [0.15, 0.2) is 0 Å². The number of nitrogens with one attached hydrogen (secondary N) is 1. The molecular weight excluding hydrogens is 316 g/mol. The Hall–Kier alpha value is -1.34. The molecule has 7 heteroatoms. The zero-order valence-electron chi connectivity index (χ0n) is 14.2. The van der Waals surface area contributed by atoms with Crippen molar-refractivity contribution in [3.05, 3.63) is 23.7 Å². The van der Waals surface area contributed by atoms with Gasteiger partial charge >= 0.3 is 0 Å². The van der Waals surface area contributed by atoms with Crippen LogP contribution in [0, 0.1) is 5.92 Å². The molecule has 1 aromatic heterocycles. The van der Waals surface area contributed by atoms with Gasteiger partial charge in [0.05, 0.1) is 18.3 Å². The summed E-state index contributed by atoms with van der Waals surface area (Å²) in [5.41, 5.74) is 0. The molecule has 0 spiro atoms.